The van der Waals surface area contributed by atoms with Crippen molar-refractivity contribution in [3.05, 3.63) is 53.3 Å². The Morgan fingerprint density at radius 2 is 1.94 bits per heavy atom. The Kier molecular flexibility index (Phi) is 6.20. The third-order valence-corrected chi connectivity index (χ3v) is 6.86. The molecule has 0 radical (unpaired) electrons. The summed E-state index contributed by atoms with van der Waals surface area (Å²) in [7, 11) is -2.02. The summed E-state index contributed by atoms with van der Waals surface area (Å²) in [6, 6.07) is 9.43. The Bertz CT molecular complexity index is 1300. The van der Waals surface area contributed by atoms with Crippen LogP contribution < -0.4 is 10.0 Å². The molecule has 33 heavy (non-hydrogen) atoms. The molecule has 0 spiro atoms. The monoisotopic (exact) mass is 473 g/mol. The second kappa shape index (κ2) is 8.79. The van der Waals surface area contributed by atoms with Gasteiger partial charge in [0.05, 0.1) is 17.5 Å². The van der Waals surface area contributed by atoms with Gasteiger partial charge in [0.2, 0.25) is 10.0 Å². The number of nitrogens with zero attached hydrogens (tertiary/aromatic N) is 1. The first kappa shape index (κ1) is 23.3. The Balaban J connectivity index is 1.96. The van der Waals surface area contributed by atoms with Crippen LogP contribution in [-0.4, -0.2) is 45.1 Å². The Labute approximate surface area is 193 Å². The minimum Gasteiger partial charge on any atom is -0.455 e. The number of halogens is 1. The van der Waals surface area contributed by atoms with Gasteiger partial charge in [0.25, 0.3) is 5.91 Å². The number of amides is 1. The number of sulfonamides is 1. The summed E-state index contributed by atoms with van der Waals surface area (Å²) in [6.07, 6.45) is 3.25. The number of rotatable bonds is 6. The van der Waals surface area contributed by atoms with Crippen LogP contribution in [0.25, 0.3) is 22.3 Å². The minimum absolute atomic E-state index is 0.0853. The normalized spacial score (nSPS) is 17.9. The predicted octanol–water partition coefficient (Wildman–Crippen LogP) is 4.52. The largest absolute Gasteiger partial charge is 0.455 e. The number of likely N-dealkylation sites (tertiary alicyclic amines) is 1. The second-order valence-corrected chi connectivity index (χ2v) is 10.4. The molecule has 2 heterocycles. The molecule has 4 rings (SSSR count). The van der Waals surface area contributed by atoms with Crippen LogP contribution >= 0.6 is 0 Å². The van der Waals surface area contributed by atoms with E-state index in [0.29, 0.717) is 39.6 Å². The third kappa shape index (κ3) is 4.60. The highest BCUT2D eigenvalue weighted by atomic mass is 32.2. The Morgan fingerprint density at radius 1 is 1.24 bits per heavy atom. The second-order valence-electron chi connectivity index (χ2n) is 8.61. The van der Waals surface area contributed by atoms with E-state index in [4.69, 9.17) is 4.42 Å². The molecule has 7 nitrogen and oxygen atoms in total. The third-order valence-electron chi connectivity index (χ3n) is 6.27. The lowest BCUT2D eigenvalue weighted by Gasteiger charge is -2.30. The minimum atomic E-state index is -3.55. The first-order valence-corrected chi connectivity index (χ1v) is 12.8. The number of fused-ring (bicyclic) bond motifs is 1. The zero-order valence-corrected chi connectivity index (χ0v) is 19.9. The van der Waals surface area contributed by atoms with E-state index in [1.165, 1.54) is 19.2 Å². The fourth-order valence-electron chi connectivity index (χ4n) is 4.66. The maximum absolute atomic E-state index is 13.5. The predicted molar refractivity (Wildman–Crippen MR) is 127 cm³/mol. The van der Waals surface area contributed by atoms with Crippen molar-refractivity contribution in [3.8, 4) is 11.3 Å². The molecule has 2 atom stereocenters. The van der Waals surface area contributed by atoms with E-state index < -0.39 is 15.8 Å². The number of hydrogen-bond acceptors (Lipinski definition) is 5. The van der Waals surface area contributed by atoms with Gasteiger partial charge in [-0.3, -0.25) is 14.4 Å². The van der Waals surface area contributed by atoms with E-state index in [-0.39, 0.29) is 11.9 Å². The molecule has 2 N–H and O–H groups in total. The first-order valence-electron chi connectivity index (χ1n) is 10.9. The van der Waals surface area contributed by atoms with E-state index in [2.05, 4.69) is 21.9 Å². The highest BCUT2D eigenvalue weighted by Crippen LogP contribution is 2.40. The van der Waals surface area contributed by atoms with Gasteiger partial charge in [-0.2, -0.15) is 0 Å². The number of hydrogen-bond donors (Lipinski definition) is 2. The standard InChI is InChI=1S/C24H28FN3O4S/c1-14-6-5-11-28(14)15(2)18-12-19-21(13-20(18)27-33(4,30)31)32-23(22(19)24(29)26-3)16-7-9-17(25)10-8-16/h7-10,12-15,27H,5-6,11H2,1-4H3,(H,26,29)/t14-,15-/m0/s1. The van der Waals surface area contributed by atoms with Gasteiger partial charge in [-0.25, -0.2) is 12.8 Å². The van der Waals surface area contributed by atoms with Gasteiger partial charge in [-0.1, -0.05) is 0 Å². The van der Waals surface area contributed by atoms with E-state index in [1.807, 2.05) is 13.0 Å². The van der Waals surface area contributed by atoms with Crippen molar-refractivity contribution in [2.45, 2.75) is 38.8 Å². The number of nitrogens with one attached hydrogen (secondary N) is 2. The summed E-state index contributed by atoms with van der Waals surface area (Å²) < 4.78 is 46.4. The smallest absolute Gasteiger partial charge is 0.255 e. The SMILES string of the molecule is CNC(=O)c1c(-c2ccc(F)cc2)oc2cc(NS(C)(=O)=O)c([C@H](C)N3CCC[C@@H]3C)cc12. The van der Waals surface area contributed by atoms with Gasteiger partial charge in [0.15, 0.2) is 0 Å². The van der Waals surface area contributed by atoms with Crippen LogP contribution in [-0.2, 0) is 10.0 Å². The molecule has 0 bridgehead atoms. The quantitative estimate of drug-likeness (QED) is 0.549. The molecule has 3 aromatic rings. The Hall–Kier alpha value is -2.91. The topological polar surface area (TPSA) is 91.6 Å². The molecule has 0 unspecified atom stereocenters. The molecular formula is C24H28FN3O4S. The van der Waals surface area contributed by atoms with Crippen LogP contribution in [0.3, 0.4) is 0 Å². The summed E-state index contributed by atoms with van der Waals surface area (Å²) in [6.45, 7) is 5.11. The van der Waals surface area contributed by atoms with Crippen molar-refractivity contribution in [2.75, 3.05) is 24.6 Å². The summed E-state index contributed by atoms with van der Waals surface area (Å²) in [5, 5.41) is 3.22. The lowest BCUT2D eigenvalue weighted by atomic mass is 9.98. The van der Waals surface area contributed by atoms with Crippen molar-refractivity contribution in [2.24, 2.45) is 0 Å². The first-order chi connectivity index (χ1) is 15.6. The van der Waals surface area contributed by atoms with Crippen molar-refractivity contribution < 1.29 is 22.0 Å². The van der Waals surface area contributed by atoms with E-state index in [1.54, 1.807) is 18.2 Å². The van der Waals surface area contributed by atoms with Crippen LogP contribution in [0.5, 0.6) is 0 Å². The van der Waals surface area contributed by atoms with Crippen molar-refractivity contribution in [1.82, 2.24) is 10.2 Å². The van der Waals surface area contributed by atoms with Gasteiger partial charge in [0, 0.05) is 36.1 Å². The average Bonchev–Trinajstić information content (AvgIpc) is 3.34. The molecule has 1 aromatic heterocycles. The number of benzene rings is 2. The van der Waals surface area contributed by atoms with E-state index in [0.717, 1.165) is 31.2 Å². The van der Waals surface area contributed by atoms with Crippen LogP contribution in [0.15, 0.2) is 40.8 Å². The highest BCUT2D eigenvalue weighted by Gasteiger charge is 2.30. The van der Waals surface area contributed by atoms with Crippen molar-refractivity contribution >= 4 is 32.6 Å². The highest BCUT2D eigenvalue weighted by molar-refractivity contribution is 7.92. The van der Waals surface area contributed by atoms with Crippen LogP contribution in [0.4, 0.5) is 10.1 Å². The van der Waals surface area contributed by atoms with Crippen LogP contribution in [0, 0.1) is 5.82 Å². The zero-order valence-electron chi connectivity index (χ0n) is 19.1. The van der Waals surface area contributed by atoms with E-state index in [9.17, 15) is 17.6 Å². The summed E-state index contributed by atoms with van der Waals surface area (Å²) >= 11 is 0. The van der Waals surface area contributed by atoms with Gasteiger partial charge in [0.1, 0.15) is 17.2 Å². The van der Waals surface area contributed by atoms with Gasteiger partial charge < -0.3 is 9.73 Å². The molecule has 9 heteroatoms. The summed E-state index contributed by atoms with van der Waals surface area (Å²) in [5.41, 5.74) is 2.42. The van der Waals surface area contributed by atoms with Gasteiger partial charge in [-0.15, -0.1) is 0 Å². The fourth-order valence-corrected chi connectivity index (χ4v) is 5.23. The van der Waals surface area contributed by atoms with Gasteiger partial charge >= 0.3 is 0 Å². The van der Waals surface area contributed by atoms with E-state index >= 15 is 0 Å². The molecule has 1 saturated heterocycles. The maximum Gasteiger partial charge on any atom is 0.255 e. The average molecular weight is 474 g/mol. The lowest BCUT2D eigenvalue weighted by molar-refractivity contribution is 0.0964. The van der Waals surface area contributed by atoms with Crippen molar-refractivity contribution in [1.29, 1.82) is 0 Å². The molecule has 1 aliphatic rings. The summed E-state index contributed by atoms with van der Waals surface area (Å²) in [5.74, 6) is -0.439. The number of carbonyl (C=O) groups excluding carboxylic acids is 1. The molecule has 0 aliphatic carbocycles. The Morgan fingerprint density at radius 3 is 2.52 bits per heavy atom. The molecule has 1 aliphatic heterocycles. The number of anilines is 1. The van der Waals surface area contributed by atoms with Crippen molar-refractivity contribution in [3.63, 3.8) is 0 Å². The van der Waals surface area contributed by atoms with Gasteiger partial charge in [-0.05, 0) is 69.1 Å². The molecule has 1 fully saturated rings. The number of furan rings is 1. The lowest BCUT2D eigenvalue weighted by Crippen LogP contribution is -2.30. The zero-order chi connectivity index (χ0) is 23.9. The van der Waals surface area contributed by atoms with Crippen LogP contribution in [0.2, 0.25) is 0 Å². The number of carbonyl (C=O) groups is 1. The maximum atomic E-state index is 13.5. The van der Waals surface area contributed by atoms with Crippen LogP contribution in [0.1, 0.15) is 48.7 Å². The molecule has 2 aromatic carbocycles. The fraction of sp³-hybridized carbons (Fsp3) is 0.375. The molecule has 176 valence electrons. The molecular weight excluding hydrogens is 445 g/mol. The molecule has 0 saturated carbocycles. The molecule has 1 amide bonds. The summed E-state index contributed by atoms with van der Waals surface area (Å²) in [4.78, 5) is 15.2.